The number of hydrogen-bond acceptors (Lipinski definition) is 2. The molecule has 1 N–H and O–H groups in total. The maximum absolute atomic E-state index is 13.3. The number of aromatic nitrogens is 1. The van der Waals surface area contributed by atoms with Crippen molar-refractivity contribution < 1.29 is 9.18 Å². The topological polar surface area (TPSA) is 42.0 Å². The van der Waals surface area contributed by atoms with E-state index in [1.54, 1.807) is 0 Å². The molecule has 3 nitrogen and oxygen atoms in total. The van der Waals surface area contributed by atoms with Crippen LogP contribution in [-0.2, 0) is 0 Å². The summed E-state index contributed by atoms with van der Waals surface area (Å²) in [7, 11) is 0. The fourth-order valence-corrected chi connectivity index (χ4v) is 2.13. The lowest BCUT2D eigenvalue weighted by Crippen LogP contribution is -2.32. The molecule has 0 aliphatic rings. The first-order chi connectivity index (χ1) is 8.29. The van der Waals surface area contributed by atoms with Crippen LogP contribution in [0.3, 0.4) is 0 Å². The average molecular weight is 273 g/mol. The van der Waals surface area contributed by atoms with Gasteiger partial charge in [0, 0.05) is 12.7 Å². The van der Waals surface area contributed by atoms with E-state index in [4.69, 9.17) is 11.6 Å². The molecule has 1 rings (SSSR count). The third-order valence-electron chi connectivity index (χ3n) is 2.34. The fourth-order valence-electron chi connectivity index (χ4n) is 1.59. The Balaban J connectivity index is 2.50. The molecule has 5 heteroatoms. The van der Waals surface area contributed by atoms with E-state index in [1.165, 1.54) is 12.3 Å². The second kappa shape index (κ2) is 6.14. The second-order valence-corrected chi connectivity index (χ2v) is 6.04. The molecule has 0 saturated heterocycles. The van der Waals surface area contributed by atoms with Crippen molar-refractivity contribution in [1.29, 1.82) is 0 Å². The molecule has 0 fully saturated rings. The summed E-state index contributed by atoms with van der Waals surface area (Å²) in [5.41, 5.74) is 0.0867. The highest BCUT2D eigenvalue weighted by Crippen LogP contribution is 2.23. The number of carbonyl (C=O) groups excluding carboxylic acids is 1. The number of carbonyl (C=O) groups is 1. The van der Waals surface area contributed by atoms with Crippen molar-refractivity contribution in [2.75, 3.05) is 6.54 Å². The van der Waals surface area contributed by atoms with Crippen molar-refractivity contribution >= 4 is 17.5 Å². The summed E-state index contributed by atoms with van der Waals surface area (Å²) in [6.45, 7) is 6.55. The lowest BCUT2D eigenvalue weighted by molar-refractivity contribution is 0.0947. The van der Waals surface area contributed by atoms with E-state index in [0.29, 0.717) is 6.54 Å². The first kappa shape index (κ1) is 14.9. The molecule has 1 aromatic rings. The van der Waals surface area contributed by atoms with Gasteiger partial charge >= 0.3 is 0 Å². The molecule has 0 aliphatic carbocycles. The maximum atomic E-state index is 13.3. The molecular formula is C13H18ClFN2O. The van der Waals surface area contributed by atoms with Crippen LogP contribution in [0.4, 0.5) is 4.39 Å². The molecule has 18 heavy (non-hydrogen) atoms. The Morgan fingerprint density at radius 2 is 2.22 bits per heavy atom. The van der Waals surface area contributed by atoms with E-state index >= 15 is 0 Å². The van der Waals surface area contributed by atoms with Crippen LogP contribution in [0.1, 0.15) is 37.6 Å². The Morgan fingerprint density at radius 3 is 2.78 bits per heavy atom. The summed E-state index contributed by atoms with van der Waals surface area (Å²) < 4.78 is 13.3. The van der Waals surface area contributed by atoms with Gasteiger partial charge in [0.1, 0.15) is 0 Å². The van der Waals surface area contributed by atoms with Crippen molar-refractivity contribution in [1.82, 2.24) is 10.3 Å². The normalized spacial score (nSPS) is 13.2. The van der Waals surface area contributed by atoms with Gasteiger partial charge in [0.05, 0.1) is 17.1 Å². The minimum Gasteiger partial charge on any atom is -0.350 e. The number of rotatable bonds is 4. The van der Waals surface area contributed by atoms with Crippen molar-refractivity contribution in [3.63, 3.8) is 0 Å². The van der Waals surface area contributed by atoms with Crippen LogP contribution in [0.5, 0.6) is 0 Å². The molecule has 1 heterocycles. The molecule has 1 aromatic heterocycles. The molecule has 0 radical (unpaired) electrons. The fraction of sp³-hybridized carbons (Fsp3) is 0.538. The Hall–Kier alpha value is -1.16. The zero-order chi connectivity index (χ0) is 13.8. The highest BCUT2D eigenvalue weighted by Gasteiger charge is 2.18. The van der Waals surface area contributed by atoms with E-state index in [9.17, 15) is 9.18 Å². The Labute approximate surface area is 112 Å². The number of amides is 1. The molecule has 1 unspecified atom stereocenters. The van der Waals surface area contributed by atoms with Gasteiger partial charge in [0.25, 0.3) is 5.91 Å². The Kier molecular flexibility index (Phi) is 5.08. The largest absolute Gasteiger partial charge is 0.350 e. The zero-order valence-corrected chi connectivity index (χ0v) is 11.6. The summed E-state index contributed by atoms with van der Waals surface area (Å²) in [4.78, 5) is 15.3. The van der Waals surface area contributed by atoms with E-state index in [-0.39, 0.29) is 16.4 Å². The average Bonchev–Trinajstić information content (AvgIpc) is 2.24. The van der Waals surface area contributed by atoms with Gasteiger partial charge < -0.3 is 5.32 Å². The highest BCUT2D eigenvalue weighted by atomic mass is 35.5. The van der Waals surface area contributed by atoms with Crippen LogP contribution in [0.2, 0.25) is 0 Å². The predicted octanol–water partition coefficient (Wildman–Crippen LogP) is 2.99. The summed E-state index contributed by atoms with van der Waals surface area (Å²) in [6.07, 6.45) is 3.17. The van der Waals surface area contributed by atoms with Gasteiger partial charge in [0.2, 0.25) is 0 Å². The third-order valence-corrected chi connectivity index (χ3v) is 2.64. The quantitative estimate of drug-likeness (QED) is 0.856. The van der Waals surface area contributed by atoms with Crippen molar-refractivity contribution in [3.8, 4) is 0 Å². The van der Waals surface area contributed by atoms with Gasteiger partial charge in [-0.3, -0.25) is 9.78 Å². The van der Waals surface area contributed by atoms with Gasteiger partial charge in [-0.1, -0.05) is 20.8 Å². The number of nitrogens with one attached hydrogen (secondary N) is 1. The van der Waals surface area contributed by atoms with Crippen LogP contribution >= 0.6 is 11.6 Å². The zero-order valence-electron chi connectivity index (χ0n) is 10.8. The molecule has 1 atom stereocenters. The molecule has 0 aliphatic heterocycles. The predicted molar refractivity (Wildman–Crippen MR) is 70.2 cm³/mol. The lowest BCUT2D eigenvalue weighted by atomic mass is 9.90. The first-order valence-electron chi connectivity index (χ1n) is 5.81. The molecule has 0 saturated carbocycles. The molecule has 100 valence electrons. The number of hydrogen-bond donors (Lipinski definition) is 1. The summed E-state index contributed by atoms with van der Waals surface area (Å²) in [6, 6.07) is 1.34. The molecule has 0 bridgehead atoms. The van der Waals surface area contributed by atoms with Crippen LogP contribution in [0.25, 0.3) is 0 Å². The standard InChI is InChI=1S/C13H18ClFN2O/c1-13(2,3)6-9(14)7-17-12(18)10-4-5-16-8-11(10)15/h4-5,8-9H,6-7H2,1-3H3,(H,17,18). The highest BCUT2D eigenvalue weighted by molar-refractivity contribution is 6.21. The smallest absolute Gasteiger partial charge is 0.254 e. The first-order valence-corrected chi connectivity index (χ1v) is 6.25. The van der Waals surface area contributed by atoms with Gasteiger partial charge in [-0.25, -0.2) is 4.39 Å². The molecule has 0 spiro atoms. The van der Waals surface area contributed by atoms with Crippen molar-refractivity contribution in [2.24, 2.45) is 5.41 Å². The van der Waals surface area contributed by atoms with Crippen molar-refractivity contribution in [3.05, 3.63) is 29.8 Å². The molecular weight excluding hydrogens is 255 g/mol. The summed E-state index contributed by atoms with van der Waals surface area (Å²) in [5.74, 6) is -1.09. The Morgan fingerprint density at radius 1 is 1.56 bits per heavy atom. The SMILES string of the molecule is CC(C)(C)CC(Cl)CNC(=O)c1ccncc1F. The van der Waals surface area contributed by atoms with Crippen LogP contribution < -0.4 is 5.32 Å². The second-order valence-electron chi connectivity index (χ2n) is 5.43. The number of halogens is 2. The third kappa shape index (κ3) is 5.00. The lowest BCUT2D eigenvalue weighted by Gasteiger charge is -2.22. The van der Waals surface area contributed by atoms with Gasteiger partial charge in [-0.2, -0.15) is 0 Å². The number of nitrogens with zero attached hydrogens (tertiary/aromatic N) is 1. The molecule has 1 amide bonds. The van der Waals surface area contributed by atoms with Gasteiger partial charge in [-0.15, -0.1) is 11.6 Å². The maximum Gasteiger partial charge on any atom is 0.254 e. The van der Waals surface area contributed by atoms with E-state index < -0.39 is 11.7 Å². The summed E-state index contributed by atoms with van der Waals surface area (Å²) in [5, 5.41) is 2.46. The van der Waals surface area contributed by atoms with E-state index in [2.05, 4.69) is 31.1 Å². The van der Waals surface area contributed by atoms with E-state index in [0.717, 1.165) is 12.6 Å². The molecule has 0 aromatic carbocycles. The number of pyridine rings is 1. The monoisotopic (exact) mass is 272 g/mol. The van der Waals surface area contributed by atoms with Crippen LogP contribution in [0, 0.1) is 11.2 Å². The van der Waals surface area contributed by atoms with Crippen LogP contribution in [0.15, 0.2) is 18.5 Å². The Bertz CT molecular complexity index is 418. The van der Waals surface area contributed by atoms with Gasteiger partial charge in [-0.05, 0) is 17.9 Å². The van der Waals surface area contributed by atoms with E-state index in [1.807, 2.05) is 0 Å². The van der Waals surface area contributed by atoms with Gasteiger partial charge in [0.15, 0.2) is 5.82 Å². The summed E-state index contributed by atoms with van der Waals surface area (Å²) >= 11 is 6.12. The number of alkyl halides is 1. The minimum atomic E-state index is -0.628. The van der Waals surface area contributed by atoms with Crippen LogP contribution in [-0.4, -0.2) is 22.8 Å². The van der Waals surface area contributed by atoms with Crippen molar-refractivity contribution in [2.45, 2.75) is 32.6 Å². The minimum absolute atomic E-state index is 0.00961.